The van der Waals surface area contributed by atoms with Gasteiger partial charge in [-0.3, -0.25) is 9.69 Å². The van der Waals surface area contributed by atoms with Gasteiger partial charge in [0.25, 0.3) is 0 Å². The lowest BCUT2D eigenvalue weighted by Crippen LogP contribution is -2.67. The number of piperazine rings is 1. The zero-order valence-corrected chi connectivity index (χ0v) is 9.26. The van der Waals surface area contributed by atoms with Gasteiger partial charge in [-0.25, -0.2) is 0 Å². The van der Waals surface area contributed by atoms with E-state index >= 15 is 0 Å². The molecule has 0 radical (unpaired) electrons. The first kappa shape index (κ1) is 11.2. The summed E-state index contributed by atoms with van der Waals surface area (Å²) in [6, 6.07) is 0. The van der Waals surface area contributed by atoms with E-state index in [0.29, 0.717) is 13.1 Å². The predicted octanol–water partition coefficient (Wildman–Crippen LogP) is 0.174. The average molecular weight is 198 g/mol. The number of carbonyl (C=O) groups is 2. The second kappa shape index (κ2) is 3.35. The molecule has 0 atom stereocenters. The quantitative estimate of drug-likeness (QED) is 0.644. The van der Waals surface area contributed by atoms with Gasteiger partial charge in [0.1, 0.15) is 6.29 Å². The second-order valence-corrected chi connectivity index (χ2v) is 4.74. The van der Waals surface area contributed by atoms with E-state index in [1.165, 1.54) is 0 Å². The topological polar surface area (TPSA) is 49.4 Å². The fourth-order valence-electron chi connectivity index (χ4n) is 1.97. The number of amides is 1. The van der Waals surface area contributed by atoms with Crippen LogP contribution in [-0.2, 0) is 9.59 Å². The molecule has 14 heavy (non-hydrogen) atoms. The molecule has 1 fully saturated rings. The third-order valence-electron chi connectivity index (χ3n) is 2.84. The highest BCUT2D eigenvalue weighted by molar-refractivity contribution is 5.87. The summed E-state index contributed by atoms with van der Waals surface area (Å²) in [5.74, 6) is -0.0151. The number of rotatable bonds is 2. The van der Waals surface area contributed by atoms with Crippen molar-refractivity contribution in [2.24, 2.45) is 0 Å². The Morgan fingerprint density at radius 3 is 2.57 bits per heavy atom. The number of nitrogens with one attached hydrogen (secondary N) is 1. The summed E-state index contributed by atoms with van der Waals surface area (Å²) in [4.78, 5) is 24.5. The van der Waals surface area contributed by atoms with Crippen molar-refractivity contribution in [2.45, 2.75) is 38.8 Å². The van der Waals surface area contributed by atoms with Crippen molar-refractivity contribution in [1.82, 2.24) is 10.2 Å². The third-order valence-corrected chi connectivity index (χ3v) is 2.84. The van der Waals surface area contributed by atoms with Crippen LogP contribution >= 0.6 is 0 Å². The Balaban J connectivity index is 2.98. The molecule has 0 aromatic rings. The van der Waals surface area contributed by atoms with Crippen LogP contribution in [-0.4, -0.2) is 41.3 Å². The van der Waals surface area contributed by atoms with Crippen LogP contribution in [0.2, 0.25) is 0 Å². The average Bonchev–Trinajstić information content (AvgIpc) is 2.09. The molecule has 4 nitrogen and oxygen atoms in total. The molecule has 0 unspecified atom stereocenters. The van der Waals surface area contributed by atoms with Gasteiger partial charge in [0.2, 0.25) is 5.91 Å². The van der Waals surface area contributed by atoms with E-state index in [1.807, 2.05) is 32.6 Å². The number of hydrogen-bond acceptors (Lipinski definition) is 3. The zero-order valence-electron chi connectivity index (χ0n) is 9.26. The minimum Gasteiger partial charge on any atom is -0.353 e. The molecule has 0 spiro atoms. The summed E-state index contributed by atoms with van der Waals surface area (Å²) in [5, 5.41) is 2.80. The van der Waals surface area contributed by atoms with Crippen molar-refractivity contribution in [3.05, 3.63) is 0 Å². The highest BCUT2D eigenvalue weighted by Gasteiger charge is 2.44. The van der Waals surface area contributed by atoms with Crippen molar-refractivity contribution in [2.75, 3.05) is 13.1 Å². The van der Waals surface area contributed by atoms with E-state index in [4.69, 9.17) is 0 Å². The molecule has 4 heteroatoms. The Labute approximate surface area is 84.7 Å². The second-order valence-electron chi connectivity index (χ2n) is 4.74. The molecule has 1 amide bonds. The lowest BCUT2D eigenvalue weighted by atomic mass is 9.91. The first-order chi connectivity index (χ1) is 6.32. The van der Waals surface area contributed by atoms with Gasteiger partial charge >= 0.3 is 0 Å². The minimum absolute atomic E-state index is 0.0151. The summed E-state index contributed by atoms with van der Waals surface area (Å²) in [5.41, 5.74) is -1.19. The molecule has 1 rings (SSSR count). The van der Waals surface area contributed by atoms with Crippen LogP contribution in [0.1, 0.15) is 27.7 Å². The molecule has 0 bridgehead atoms. The highest BCUT2D eigenvalue weighted by atomic mass is 16.2. The molecule has 80 valence electrons. The summed E-state index contributed by atoms with van der Waals surface area (Å²) < 4.78 is 0. The first-order valence-electron chi connectivity index (χ1n) is 4.85. The first-order valence-corrected chi connectivity index (χ1v) is 4.85. The van der Waals surface area contributed by atoms with E-state index in [1.54, 1.807) is 0 Å². The van der Waals surface area contributed by atoms with Crippen LogP contribution in [0.15, 0.2) is 0 Å². The molecule has 0 saturated carbocycles. The van der Waals surface area contributed by atoms with E-state index in [9.17, 15) is 9.59 Å². The molecule has 0 aromatic carbocycles. The molecule has 1 heterocycles. The van der Waals surface area contributed by atoms with Crippen LogP contribution in [0.25, 0.3) is 0 Å². The van der Waals surface area contributed by atoms with Crippen LogP contribution in [0, 0.1) is 0 Å². The van der Waals surface area contributed by atoms with Crippen LogP contribution in [0.3, 0.4) is 0 Å². The smallest absolute Gasteiger partial charge is 0.240 e. The van der Waals surface area contributed by atoms with Crippen LogP contribution in [0.5, 0.6) is 0 Å². The van der Waals surface area contributed by atoms with E-state index in [2.05, 4.69) is 5.32 Å². The minimum atomic E-state index is -0.608. The lowest BCUT2D eigenvalue weighted by molar-refractivity contribution is -0.142. The Bertz CT molecular complexity index is 259. The lowest BCUT2D eigenvalue weighted by Gasteiger charge is -2.47. The molecular weight excluding hydrogens is 180 g/mol. The van der Waals surface area contributed by atoms with Gasteiger partial charge < -0.3 is 10.1 Å². The van der Waals surface area contributed by atoms with Crippen molar-refractivity contribution in [3.8, 4) is 0 Å². The van der Waals surface area contributed by atoms with E-state index in [-0.39, 0.29) is 5.91 Å². The molecular formula is C10H18N2O2. The standard InChI is InChI=1S/C10H18N2O2/c1-9(2,7-13)12-6-5-11-8(14)10(12,3)4/h7H,5-6H2,1-4H3,(H,11,14). The van der Waals surface area contributed by atoms with Gasteiger partial charge in [-0.2, -0.15) is 0 Å². The van der Waals surface area contributed by atoms with E-state index < -0.39 is 11.1 Å². The largest absolute Gasteiger partial charge is 0.353 e. The van der Waals surface area contributed by atoms with Gasteiger partial charge in [-0.05, 0) is 27.7 Å². The Morgan fingerprint density at radius 2 is 2.07 bits per heavy atom. The zero-order chi connectivity index (χ0) is 11.0. The maximum atomic E-state index is 11.6. The Kier molecular flexibility index (Phi) is 2.67. The SMILES string of the molecule is CC(C)(C=O)N1CCNC(=O)C1(C)C. The normalized spacial score (nSPS) is 23.0. The molecule has 1 N–H and O–H groups in total. The van der Waals surface area contributed by atoms with Crippen molar-refractivity contribution in [1.29, 1.82) is 0 Å². The summed E-state index contributed by atoms with van der Waals surface area (Å²) in [6.45, 7) is 8.67. The summed E-state index contributed by atoms with van der Waals surface area (Å²) in [7, 11) is 0. The van der Waals surface area contributed by atoms with Gasteiger partial charge in [-0.15, -0.1) is 0 Å². The third kappa shape index (κ3) is 1.66. The fourth-order valence-corrected chi connectivity index (χ4v) is 1.97. The van der Waals surface area contributed by atoms with Gasteiger partial charge in [0.15, 0.2) is 0 Å². The maximum absolute atomic E-state index is 11.6. The van der Waals surface area contributed by atoms with Crippen LogP contribution < -0.4 is 5.32 Å². The van der Waals surface area contributed by atoms with Crippen molar-refractivity contribution in [3.63, 3.8) is 0 Å². The fraction of sp³-hybridized carbons (Fsp3) is 0.800. The molecule has 1 saturated heterocycles. The number of aldehydes is 1. The van der Waals surface area contributed by atoms with Gasteiger partial charge in [0.05, 0.1) is 11.1 Å². The number of hydrogen-bond donors (Lipinski definition) is 1. The Morgan fingerprint density at radius 1 is 1.50 bits per heavy atom. The van der Waals surface area contributed by atoms with Crippen molar-refractivity contribution < 1.29 is 9.59 Å². The summed E-state index contributed by atoms with van der Waals surface area (Å²) in [6.07, 6.45) is 0.896. The maximum Gasteiger partial charge on any atom is 0.240 e. The predicted molar refractivity (Wildman–Crippen MR) is 53.9 cm³/mol. The number of carbonyl (C=O) groups excluding carboxylic acids is 2. The molecule has 0 aliphatic carbocycles. The van der Waals surface area contributed by atoms with E-state index in [0.717, 1.165) is 6.29 Å². The molecule has 0 aromatic heterocycles. The molecule has 1 aliphatic heterocycles. The highest BCUT2D eigenvalue weighted by Crippen LogP contribution is 2.25. The van der Waals surface area contributed by atoms with Gasteiger partial charge in [0, 0.05) is 13.1 Å². The van der Waals surface area contributed by atoms with Gasteiger partial charge in [-0.1, -0.05) is 0 Å². The summed E-state index contributed by atoms with van der Waals surface area (Å²) >= 11 is 0. The number of nitrogens with zero attached hydrogens (tertiary/aromatic N) is 1. The van der Waals surface area contributed by atoms with Crippen LogP contribution in [0.4, 0.5) is 0 Å². The Hall–Kier alpha value is -0.900. The molecule has 1 aliphatic rings. The monoisotopic (exact) mass is 198 g/mol. The van der Waals surface area contributed by atoms with Crippen molar-refractivity contribution >= 4 is 12.2 Å².